The summed E-state index contributed by atoms with van der Waals surface area (Å²) in [6.45, 7) is 6.30. The molecule has 1 heterocycles. The van der Waals surface area contributed by atoms with Crippen molar-refractivity contribution < 1.29 is 9.18 Å². The number of aryl methyl sites for hydroxylation is 1. The van der Waals surface area contributed by atoms with Gasteiger partial charge in [0.25, 0.3) is 0 Å². The molecule has 1 N–H and O–H groups in total. The maximum atomic E-state index is 12.9. The molecule has 1 atom stereocenters. The Kier molecular flexibility index (Phi) is 4.69. The standard InChI is InChI=1S/C19H22FN3O/c1-14-3-9-18(10-4-14)23-12-11-22(13-15(23)2)19(24)21-17-7-5-16(20)6-8-17/h3-10,15H,11-13H2,1-2H3,(H,21,24)/t15-/m0/s1. The lowest BCUT2D eigenvalue weighted by Gasteiger charge is -2.41. The van der Waals surface area contributed by atoms with Crippen molar-refractivity contribution in [3.05, 3.63) is 59.9 Å². The minimum atomic E-state index is -0.312. The van der Waals surface area contributed by atoms with E-state index < -0.39 is 0 Å². The van der Waals surface area contributed by atoms with Gasteiger partial charge >= 0.3 is 6.03 Å². The Labute approximate surface area is 141 Å². The van der Waals surface area contributed by atoms with Gasteiger partial charge in [0, 0.05) is 37.1 Å². The first-order chi connectivity index (χ1) is 11.5. The van der Waals surface area contributed by atoms with E-state index in [1.54, 1.807) is 17.0 Å². The van der Waals surface area contributed by atoms with Gasteiger partial charge in [-0.3, -0.25) is 0 Å². The van der Waals surface area contributed by atoms with E-state index in [0.29, 0.717) is 18.8 Å². The summed E-state index contributed by atoms with van der Waals surface area (Å²) in [4.78, 5) is 16.5. The highest BCUT2D eigenvalue weighted by molar-refractivity contribution is 5.89. The molecule has 1 fully saturated rings. The molecule has 126 valence electrons. The van der Waals surface area contributed by atoms with Crippen molar-refractivity contribution in [2.75, 3.05) is 29.9 Å². The second-order valence-corrected chi connectivity index (χ2v) is 6.26. The van der Waals surface area contributed by atoms with Crippen LogP contribution in [0.1, 0.15) is 12.5 Å². The molecule has 0 aliphatic carbocycles. The minimum absolute atomic E-state index is 0.142. The van der Waals surface area contributed by atoms with Crippen LogP contribution in [0.5, 0.6) is 0 Å². The molecule has 24 heavy (non-hydrogen) atoms. The fourth-order valence-corrected chi connectivity index (χ4v) is 3.00. The number of hydrogen-bond donors (Lipinski definition) is 1. The zero-order chi connectivity index (χ0) is 17.1. The number of nitrogens with one attached hydrogen (secondary N) is 1. The summed E-state index contributed by atoms with van der Waals surface area (Å²) in [6, 6.07) is 14.4. The Morgan fingerprint density at radius 2 is 1.75 bits per heavy atom. The molecular weight excluding hydrogens is 305 g/mol. The van der Waals surface area contributed by atoms with Gasteiger partial charge in [-0.25, -0.2) is 9.18 Å². The number of halogens is 1. The number of hydrogen-bond acceptors (Lipinski definition) is 2. The van der Waals surface area contributed by atoms with Crippen molar-refractivity contribution in [1.29, 1.82) is 0 Å². The van der Waals surface area contributed by atoms with E-state index >= 15 is 0 Å². The van der Waals surface area contributed by atoms with Gasteiger partial charge in [0.1, 0.15) is 5.82 Å². The van der Waals surface area contributed by atoms with Gasteiger partial charge < -0.3 is 15.1 Å². The van der Waals surface area contributed by atoms with E-state index in [2.05, 4.69) is 48.3 Å². The Morgan fingerprint density at radius 3 is 2.38 bits per heavy atom. The van der Waals surface area contributed by atoms with Crippen molar-refractivity contribution in [2.24, 2.45) is 0 Å². The van der Waals surface area contributed by atoms with Crippen molar-refractivity contribution >= 4 is 17.4 Å². The fraction of sp³-hybridized carbons (Fsp3) is 0.316. The van der Waals surface area contributed by atoms with Crippen molar-refractivity contribution in [3.8, 4) is 0 Å². The molecule has 5 heteroatoms. The predicted molar refractivity (Wildman–Crippen MR) is 95.0 cm³/mol. The van der Waals surface area contributed by atoms with Crippen LogP contribution in [0.4, 0.5) is 20.6 Å². The molecule has 2 aromatic carbocycles. The van der Waals surface area contributed by atoms with E-state index in [1.807, 2.05) is 0 Å². The van der Waals surface area contributed by atoms with Crippen LogP contribution in [0.15, 0.2) is 48.5 Å². The second kappa shape index (κ2) is 6.91. The second-order valence-electron chi connectivity index (χ2n) is 6.26. The lowest BCUT2D eigenvalue weighted by atomic mass is 10.1. The number of piperazine rings is 1. The monoisotopic (exact) mass is 327 g/mol. The van der Waals surface area contributed by atoms with Gasteiger partial charge in [-0.1, -0.05) is 17.7 Å². The highest BCUT2D eigenvalue weighted by Crippen LogP contribution is 2.21. The predicted octanol–water partition coefficient (Wildman–Crippen LogP) is 3.88. The van der Waals surface area contributed by atoms with Gasteiger partial charge in [0.2, 0.25) is 0 Å². The molecule has 1 aliphatic heterocycles. The largest absolute Gasteiger partial charge is 0.365 e. The number of urea groups is 1. The molecule has 0 aromatic heterocycles. The summed E-state index contributed by atoms with van der Waals surface area (Å²) in [5, 5.41) is 2.82. The molecular formula is C19H22FN3O. The molecule has 0 spiro atoms. The number of carbonyl (C=O) groups excluding carboxylic acids is 1. The Bertz CT molecular complexity index is 700. The molecule has 1 saturated heterocycles. The lowest BCUT2D eigenvalue weighted by molar-refractivity contribution is 0.200. The average molecular weight is 327 g/mol. The summed E-state index contributed by atoms with van der Waals surface area (Å²) in [5.41, 5.74) is 3.03. The third-order valence-electron chi connectivity index (χ3n) is 4.38. The topological polar surface area (TPSA) is 35.6 Å². The molecule has 2 amide bonds. The summed E-state index contributed by atoms with van der Waals surface area (Å²) in [5.74, 6) is -0.312. The number of nitrogens with zero attached hydrogens (tertiary/aromatic N) is 2. The average Bonchev–Trinajstić information content (AvgIpc) is 2.58. The SMILES string of the molecule is Cc1ccc(N2CCN(C(=O)Nc3ccc(F)cc3)C[C@@H]2C)cc1. The summed E-state index contributed by atoms with van der Waals surface area (Å²) in [7, 11) is 0. The smallest absolute Gasteiger partial charge is 0.321 e. The van der Waals surface area contributed by atoms with E-state index in [-0.39, 0.29) is 17.9 Å². The van der Waals surface area contributed by atoms with Crippen molar-refractivity contribution in [2.45, 2.75) is 19.9 Å². The zero-order valence-electron chi connectivity index (χ0n) is 14.0. The van der Waals surface area contributed by atoms with Crippen LogP contribution in [0.2, 0.25) is 0 Å². The van der Waals surface area contributed by atoms with E-state index in [0.717, 1.165) is 6.54 Å². The zero-order valence-corrected chi connectivity index (χ0v) is 14.0. The van der Waals surface area contributed by atoms with Crippen LogP contribution in [0.25, 0.3) is 0 Å². The van der Waals surface area contributed by atoms with Crippen LogP contribution < -0.4 is 10.2 Å². The molecule has 4 nitrogen and oxygen atoms in total. The van der Waals surface area contributed by atoms with Gasteiger partial charge in [-0.15, -0.1) is 0 Å². The third kappa shape index (κ3) is 3.67. The van der Waals surface area contributed by atoms with E-state index in [9.17, 15) is 9.18 Å². The number of rotatable bonds is 2. The molecule has 0 radical (unpaired) electrons. The molecule has 2 aromatic rings. The maximum absolute atomic E-state index is 12.9. The highest BCUT2D eigenvalue weighted by Gasteiger charge is 2.26. The summed E-state index contributed by atoms with van der Waals surface area (Å²) >= 11 is 0. The van der Waals surface area contributed by atoms with Crippen LogP contribution in [-0.4, -0.2) is 36.6 Å². The van der Waals surface area contributed by atoms with Crippen LogP contribution in [0.3, 0.4) is 0 Å². The molecule has 0 bridgehead atoms. The number of carbonyl (C=O) groups is 1. The van der Waals surface area contributed by atoms with Gasteiger partial charge in [-0.2, -0.15) is 0 Å². The summed E-state index contributed by atoms with van der Waals surface area (Å²) in [6.07, 6.45) is 0. The molecule has 1 aliphatic rings. The fourth-order valence-electron chi connectivity index (χ4n) is 3.00. The van der Waals surface area contributed by atoms with Crippen LogP contribution in [-0.2, 0) is 0 Å². The van der Waals surface area contributed by atoms with Crippen molar-refractivity contribution in [3.63, 3.8) is 0 Å². The first-order valence-electron chi connectivity index (χ1n) is 8.18. The number of benzene rings is 2. The first kappa shape index (κ1) is 16.3. The lowest BCUT2D eigenvalue weighted by Crippen LogP contribution is -2.54. The quantitative estimate of drug-likeness (QED) is 0.909. The minimum Gasteiger partial charge on any atom is -0.365 e. The van der Waals surface area contributed by atoms with Gasteiger partial charge in [0.05, 0.1) is 0 Å². The van der Waals surface area contributed by atoms with Crippen LogP contribution >= 0.6 is 0 Å². The van der Waals surface area contributed by atoms with Gasteiger partial charge in [0.15, 0.2) is 0 Å². The Balaban J connectivity index is 1.61. The first-order valence-corrected chi connectivity index (χ1v) is 8.18. The van der Waals surface area contributed by atoms with Crippen molar-refractivity contribution in [1.82, 2.24) is 4.90 Å². The normalized spacial score (nSPS) is 17.7. The Hall–Kier alpha value is -2.56. The molecule has 3 rings (SSSR count). The maximum Gasteiger partial charge on any atom is 0.321 e. The number of amides is 2. The summed E-state index contributed by atoms with van der Waals surface area (Å²) < 4.78 is 12.9. The van der Waals surface area contributed by atoms with E-state index in [1.165, 1.54) is 23.4 Å². The van der Waals surface area contributed by atoms with Gasteiger partial charge in [-0.05, 0) is 50.2 Å². The number of anilines is 2. The molecule has 0 saturated carbocycles. The third-order valence-corrected chi connectivity index (χ3v) is 4.38. The Morgan fingerprint density at radius 1 is 1.08 bits per heavy atom. The van der Waals surface area contributed by atoms with E-state index in [4.69, 9.17) is 0 Å². The highest BCUT2D eigenvalue weighted by atomic mass is 19.1. The van der Waals surface area contributed by atoms with Crippen LogP contribution in [0, 0.1) is 12.7 Å². The molecule has 0 unspecified atom stereocenters.